The molecule has 0 bridgehead atoms. The Bertz CT molecular complexity index is 948. The van der Waals surface area contributed by atoms with Crippen molar-refractivity contribution in [1.82, 2.24) is 0 Å². The zero-order valence-corrected chi connectivity index (χ0v) is 18.4. The van der Waals surface area contributed by atoms with Crippen LogP contribution < -0.4 is 21.1 Å². The van der Waals surface area contributed by atoms with Crippen molar-refractivity contribution < 1.29 is 4.74 Å². The Labute approximate surface area is 185 Å². The van der Waals surface area contributed by atoms with Crippen LogP contribution in [0.5, 0.6) is 5.75 Å². The van der Waals surface area contributed by atoms with Gasteiger partial charge in [0.1, 0.15) is 11.4 Å². The number of hydrogen-bond donors (Lipinski definition) is 2. The van der Waals surface area contributed by atoms with E-state index in [1.54, 1.807) is 0 Å². The normalized spacial score (nSPS) is 17.9. The van der Waals surface area contributed by atoms with Gasteiger partial charge in [-0.2, -0.15) is 4.99 Å². The molecule has 0 atom stereocenters. The van der Waals surface area contributed by atoms with Gasteiger partial charge in [0.15, 0.2) is 0 Å². The maximum absolute atomic E-state index is 6.50. The summed E-state index contributed by atoms with van der Waals surface area (Å²) in [6.07, 6.45) is 8.50. The van der Waals surface area contributed by atoms with Crippen LogP contribution in [0.15, 0.2) is 58.5 Å². The van der Waals surface area contributed by atoms with Gasteiger partial charge in [0.05, 0.1) is 12.3 Å². The summed E-state index contributed by atoms with van der Waals surface area (Å²) in [4.78, 5) is 11.2. The van der Waals surface area contributed by atoms with Crippen LogP contribution in [0.3, 0.4) is 0 Å². The van der Waals surface area contributed by atoms with Gasteiger partial charge in [-0.1, -0.05) is 62.6 Å². The molecule has 0 radical (unpaired) electrons. The third-order valence-electron chi connectivity index (χ3n) is 6.16. The summed E-state index contributed by atoms with van der Waals surface area (Å²) in [6.45, 7) is 2.87. The van der Waals surface area contributed by atoms with E-state index in [2.05, 4.69) is 59.3 Å². The van der Waals surface area contributed by atoms with Gasteiger partial charge in [0.25, 0.3) is 0 Å². The van der Waals surface area contributed by atoms with Crippen molar-refractivity contribution in [2.24, 2.45) is 21.5 Å². The first-order valence-corrected chi connectivity index (χ1v) is 11.4. The monoisotopic (exact) mass is 419 g/mol. The first kappa shape index (κ1) is 21.2. The second-order valence-electron chi connectivity index (χ2n) is 8.42. The predicted molar refractivity (Wildman–Crippen MR) is 128 cm³/mol. The van der Waals surface area contributed by atoms with Crippen LogP contribution in [-0.2, 0) is 0 Å². The second-order valence-corrected chi connectivity index (χ2v) is 8.42. The number of aliphatic imine (C=N–C) groups is 2. The zero-order chi connectivity index (χ0) is 21.7. The lowest BCUT2D eigenvalue weighted by molar-refractivity contribution is 0.290. The van der Waals surface area contributed by atoms with E-state index in [4.69, 9.17) is 21.2 Å². The third-order valence-corrected chi connectivity index (χ3v) is 6.16. The molecule has 2 aliphatic rings. The number of guanidine groups is 2. The fourth-order valence-electron chi connectivity index (χ4n) is 4.63. The molecule has 1 saturated carbocycles. The van der Waals surface area contributed by atoms with Crippen molar-refractivity contribution in [1.29, 1.82) is 0 Å². The highest BCUT2D eigenvalue weighted by molar-refractivity contribution is 6.06. The molecule has 2 aromatic carbocycles. The van der Waals surface area contributed by atoms with Crippen LogP contribution in [0.1, 0.15) is 58.3 Å². The van der Waals surface area contributed by atoms with E-state index in [1.807, 2.05) is 6.07 Å². The molecule has 0 aromatic heterocycles. The number of anilines is 1. The Morgan fingerprint density at radius 3 is 2.48 bits per heavy atom. The third kappa shape index (κ3) is 4.53. The van der Waals surface area contributed by atoms with Gasteiger partial charge >= 0.3 is 0 Å². The topological polar surface area (TPSA) is 89.2 Å². The van der Waals surface area contributed by atoms with E-state index in [-0.39, 0.29) is 5.96 Å². The van der Waals surface area contributed by atoms with Gasteiger partial charge in [-0.15, -0.1) is 0 Å². The minimum Gasteiger partial charge on any atom is -0.491 e. The van der Waals surface area contributed by atoms with E-state index in [1.165, 1.54) is 6.42 Å². The maximum atomic E-state index is 6.50. The fourth-order valence-corrected chi connectivity index (χ4v) is 4.63. The molecule has 31 heavy (non-hydrogen) atoms. The Balaban J connectivity index is 1.78. The number of benzene rings is 2. The molecule has 6 nitrogen and oxygen atoms in total. The van der Waals surface area contributed by atoms with Crippen molar-refractivity contribution in [3.63, 3.8) is 0 Å². The maximum Gasteiger partial charge on any atom is 0.220 e. The number of rotatable bonds is 7. The minimum absolute atomic E-state index is 0.264. The number of ether oxygens (including phenoxy) is 1. The standard InChI is InChI=1S/C25H33N5O/c1-2-3-10-17-31-22-14-13-20(19-11-6-4-7-12-19)18-21(22)30-24(27)28-23(26)29-25(30)15-8-5-9-16-25/h4,6-7,11-14,18H,2-3,5,8-10,15-17H2,1H3,(H4,26,27,28,29). The summed E-state index contributed by atoms with van der Waals surface area (Å²) >= 11 is 0. The summed E-state index contributed by atoms with van der Waals surface area (Å²) in [5.41, 5.74) is 15.2. The van der Waals surface area contributed by atoms with Crippen LogP contribution in [0, 0.1) is 0 Å². The lowest BCUT2D eigenvalue weighted by Gasteiger charge is -2.46. The summed E-state index contributed by atoms with van der Waals surface area (Å²) in [5.74, 6) is 1.47. The smallest absolute Gasteiger partial charge is 0.220 e. The average molecular weight is 420 g/mol. The Morgan fingerprint density at radius 2 is 1.74 bits per heavy atom. The molecular weight excluding hydrogens is 386 g/mol. The molecular formula is C25H33N5O. The summed E-state index contributed by atoms with van der Waals surface area (Å²) < 4.78 is 6.26. The lowest BCUT2D eigenvalue weighted by Crippen LogP contribution is -2.58. The van der Waals surface area contributed by atoms with Crippen molar-refractivity contribution in [3.05, 3.63) is 48.5 Å². The predicted octanol–water partition coefficient (Wildman–Crippen LogP) is 5.03. The first-order valence-electron chi connectivity index (χ1n) is 11.4. The molecule has 0 amide bonds. The molecule has 164 valence electrons. The van der Waals surface area contributed by atoms with Crippen molar-refractivity contribution in [2.75, 3.05) is 11.5 Å². The quantitative estimate of drug-likeness (QED) is 0.616. The second kappa shape index (κ2) is 9.41. The van der Waals surface area contributed by atoms with Crippen molar-refractivity contribution in [3.8, 4) is 16.9 Å². The molecule has 0 saturated heterocycles. The highest BCUT2D eigenvalue weighted by Crippen LogP contribution is 2.44. The van der Waals surface area contributed by atoms with E-state index in [0.29, 0.717) is 12.6 Å². The molecule has 1 heterocycles. The van der Waals surface area contributed by atoms with Gasteiger partial charge in [0, 0.05) is 0 Å². The summed E-state index contributed by atoms with van der Waals surface area (Å²) in [7, 11) is 0. The lowest BCUT2D eigenvalue weighted by atomic mass is 9.87. The number of nitrogens with zero attached hydrogens (tertiary/aromatic N) is 3. The van der Waals surface area contributed by atoms with Crippen LogP contribution in [0.2, 0.25) is 0 Å². The SMILES string of the molecule is CCCCCOc1ccc(-c2ccccc2)cc1N1C(N)=NC(N)=NC12CCCCC2. The fraction of sp³-hybridized carbons (Fsp3) is 0.440. The number of nitrogens with two attached hydrogens (primary N) is 2. The summed E-state index contributed by atoms with van der Waals surface area (Å²) in [6, 6.07) is 16.7. The van der Waals surface area contributed by atoms with Gasteiger partial charge in [-0.05, 0) is 55.4 Å². The van der Waals surface area contributed by atoms with Gasteiger partial charge in [-0.3, -0.25) is 4.90 Å². The van der Waals surface area contributed by atoms with Crippen LogP contribution in [0.25, 0.3) is 11.1 Å². The first-order chi connectivity index (χ1) is 15.1. The summed E-state index contributed by atoms with van der Waals surface area (Å²) in [5, 5.41) is 0. The van der Waals surface area contributed by atoms with Crippen LogP contribution in [0.4, 0.5) is 5.69 Å². The number of hydrogen-bond acceptors (Lipinski definition) is 6. The highest BCUT2D eigenvalue weighted by Gasteiger charge is 2.43. The Morgan fingerprint density at radius 1 is 0.968 bits per heavy atom. The van der Waals surface area contributed by atoms with E-state index >= 15 is 0 Å². The van der Waals surface area contributed by atoms with Gasteiger partial charge < -0.3 is 16.2 Å². The molecule has 2 aromatic rings. The van der Waals surface area contributed by atoms with Crippen molar-refractivity contribution in [2.45, 2.75) is 64.0 Å². The molecule has 1 fully saturated rings. The Kier molecular flexibility index (Phi) is 6.44. The number of unbranched alkanes of at least 4 members (excludes halogenated alkanes) is 2. The van der Waals surface area contributed by atoms with E-state index in [0.717, 1.165) is 67.5 Å². The van der Waals surface area contributed by atoms with E-state index in [9.17, 15) is 0 Å². The van der Waals surface area contributed by atoms with Crippen molar-refractivity contribution >= 4 is 17.6 Å². The molecule has 0 unspecified atom stereocenters. The van der Waals surface area contributed by atoms with Crippen LogP contribution >= 0.6 is 0 Å². The minimum atomic E-state index is -0.495. The Hall–Kier alpha value is -3.02. The average Bonchev–Trinajstić information content (AvgIpc) is 2.78. The molecule has 4 rings (SSSR count). The molecule has 1 spiro atoms. The zero-order valence-electron chi connectivity index (χ0n) is 18.4. The van der Waals surface area contributed by atoms with Gasteiger partial charge in [0.2, 0.25) is 11.9 Å². The van der Waals surface area contributed by atoms with Crippen LogP contribution in [-0.4, -0.2) is 24.2 Å². The van der Waals surface area contributed by atoms with E-state index < -0.39 is 5.66 Å². The molecule has 4 N–H and O–H groups in total. The van der Waals surface area contributed by atoms with Gasteiger partial charge in [-0.25, -0.2) is 4.99 Å². The highest BCUT2D eigenvalue weighted by atomic mass is 16.5. The molecule has 1 aliphatic heterocycles. The molecule has 6 heteroatoms. The molecule has 1 aliphatic carbocycles. The largest absolute Gasteiger partial charge is 0.491 e.